The van der Waals surface area contributed by atoms with Crippen LogP contribution in [0.5, 0.6) is 0 Å². The zero-order valence-corrected chi connectivity index (χ0v) is 12.2. The minimum Gasteiger partial charge on any atom is -0.353 e. The summed E-state index contributed by atoms with van der Waals surface area (Å²) in [6, 6.07) is 3.64. The van der Waals surface area contributed by atoms with Crippen molar-refractivity contribution in [1.82, 2.24) is 15.2 Å². The maximum atomic E-state index is 11.6. The summed E-state index contributed by atoms with van der Waals surface area (Å²) >= 11 is 11.7. The van der Waals surface area contributed by atoms with Gasteiger partial charge in [-0.3, -0.25) is 9.69 Å². The number of aromatic nitrogens is 1. The number of carbonyl (C=O) groups is 1. The predicted molar refractivity (Wildman–Crippen MR) is 73.9 cm³/mol. The number of pyridine rings is 1. The van der Waals surface area contributed by atoms with Gasteiger partial charge in [0.25, 0.3) is 0 Å². The molecule has 1 rings (SSSR count). The lowest BCUT2D eigenvalue weighted by Gasteiger charge is -2.17. The molecule has 0 aliphatic rings. The summed E-state index contributed by atoms with van der Waals surface area (Å²) in [7, 11) is 1.85. The van der Waals surface area contributed by atoms with Crippen molar-refractivity contribution in [2.45, 2.75) is 26.4 Å². The molecule has 0 aliphatic heterocycles. The second-order valence-electron chi connectivity index (χ2n) is 4.48. The summed E-state index contributed by atoms with van der Waals surface area (Å²) in [5.74, 6) is -0.00875. The highest BCUT2D eigenvalue weighted by molar-refractivity contribution is 6.32. The molecule has 0 saturated carbocycles. The molecule has 0 saturated heterocycles. The van der Waals surface area contributed by atoms with Crippen LogP contribution < -0.4 is 5.32 Å². The Hall–Kier alpha value is -0.840. The molecule has 1 amide bonds. The Kier molecular flexibility index (Phi) is 5.85. The average Bonchev–Trinajstić information content (AvgIpc) is 2.20. The largest absolute Gasteiger partial charge is 0.353 e. The monoisotopic (exact) mass is 289 g/mol. The van der Waals surface area contributed by atoms with Crippen molar-refractivity contribution in [3.63, 3.8) is 0 Å². The summed E-state index contributed by atoms with van der Waals surface area (Å²) in [5, 5.41) is 3.57. The van der Waals surface area contributed by atoms with Gasteiger partial charge in [0, 0.05) is 18.2 Å². The molecule has 0 unspecified atom stereocenters. The van der Waals surface area contributed by atoms with Crippen molar-refractivity contribution >= 4 is 29.1 Å². The Morgan fingerprint density at radius 1 is 1.44 bits per heavy atom. The molecular formula is C12H17Cl2N3O. The highest BCUT2D eigenvalue weighted by Gasteiger charge is 2.10. The lowest BCUT2D eigenvalue weighted by atomic mass is 10.2. The topological polar surface area (TPSA) is 45.2 Å². The van der Waals surface area contributed by atoms with E-state index in [1.165, 1.54) is 0 Å². The minimum atomic E-state index is -0.00875. The van der Waals surface area contributed by atoms with Crippen LogP contribution in [-0.2, 0) is 11.3 Å². The van der Waals surface area contributed by atoms with Crippen LogP contribution in [0.3, 0.4) is 0 Å². The molecule has 0 spiro atoms. The van der Waals surface area contributed by atoms with Gasteiger partial charge >= 0.3 is 0 Å². The van der Waals surface area contributed by atoms with E-state index in [0.29, 0.717) is 23.4 Å². The molecule has 1 N–H and O–H groups in total. The van der Waals surface area contributed by atoms with E-state index >= 15 is 0 Å². The number of hydrogen-bond acceptors (Lipinski definition) is 3. The van der Waals surface area contributed by atoms with Crippen LogP contribution in [0.4, 0.5) is 0 Å². The van der Waals surface area contributed by atoms with Gasteiger partial charge in [0.1, 0.15) is 10.3 Å². The van der Waals surface area contributed by atoms with Gasteiger partial charge in [-0.15, -0.1) is 0 Å². The summed E-state index contributed by atoms with van der Waals surface area (Å²) in [5.41, 5.74) is 0.848. The van der Waals surface area contributed by atoms with Crippen molar-refractivity contribution in [2.24, 2.45) is 0 Å². The zero-order chi connectivity index (χ0) is 13.7. The first kappa shape index (κ1) is 15.2. The summed E-state index contributed by atoms with van der Waals surface area (Å²) in [6.07, 6.45) is 0. The van der Waals surface area contributed by atoms with E-state index in [-0.39, 0.29) is 11.9 Å². The van der Waals surface area contributed by atoms with Gasteiger partial charge in [0.15, 0.2) is 0 Å². The first-order valence-corrected chi connectivity index (χ1v) is 6.43. The van der Waals surface area contributed by atoms with Crippen LogP contribution in [0.2, 0.25) is 10.3 Å². The predicted octanol–water partition coefficient (Wildman–Crippen LogP) is 2.34. The number of nitrogens with zero attached hydrogens (tertiary/aromatic N) is 2. The van der Waals surface area contributed by atoms with E-state index in [1.54, 1.807) is 6.07 Å². The Morgan fingerprint density at radius 2 is 2.11 bits per heavy atom. The number of halogens is 2. The summed E-state index contributed by atoms with van der Waals surface area (Å²) in [6.45, 7) is 4.72. The molecule has 6 heteroatoms. The third-order valence-electron chi connectivity index (χ3n) is 2.20. The number of likely N-dealkylation sites (N-methyl/N-ethyl adjacent to an activating group) is 1. The number of hydrogen-bond donors (Lipinski definition) is 1. The molecule has 100 valence electrons. The van der Waals surface area contributed by atoms with Gasteiger partial charge in [0.2, 0.25) is 5.91 Å². The van der Waals surface area contributed by atoms with Gasteiger partial charge < -0.3 is 5.32 Å². The SMILES string of the molecule is CC(C)NC(=O)CN(C)Cc1ccc(Cl)nc1Cl. The molecule has 0 bridgehead atoms. The smallest absolute Gasteiger partial charge is 0.234 e. The van der Waals surface area contributed by atoms with Gasteiger partial charge in [-0.25, -0.2) is 4.98 Å². The lowest BCUT2D eigenvalue weighted by Crippen LogP contribution is -2.38. The summed E-state index contributed by atoms with van der Waals surface area (Å²) < 4.78 is 0. The fraction of sp³-hybridized carbons (Fsp3) is 0.500. The standard InChI is InChI=1S/C12H17Cl2N3O/c1-8(2)15-11(18)7-17(3)6-9-4-5-10(13)16-12(9)14/h4-5,8H,6-7H2,1-3H3,(H,15,18). The fourth-order valence-corrected chi connectivity index (χ4v) is 1.92. The van der Waals surface area contributed by atoms with E-state index in [4.69, 9.17) is 23.2 Å². The molecule has 18 heavy (non-hydrogen) atoms. The van der Waals surface area contributed by atoms with E-state index in [0.717, 1.165) is 5.56 Å². The Balaban J connectivity index is 2.54. The molecule has 0 aliphatic carbocycles. The van der Waals surface area contributed by atoms with Crippen molar-refractivity contribution in [1.29, 1.82) is 0 Å². The first-order valence-electron chi connectivity index (χ1n) is 5.67. The normalized spacial score (nSPS) is 11.1. The highest BCUT2D eigenvalue weighted by Crippen LogP contribution is 2.17. The van der Waals surface area contributed by atoms with Crippen LogP contribution in [0.1, 0.15) is 19.4 Å². The molecule has 4 nitrogen and oxygen atoms in total. The Morgan fingerprint density at radius 3 is 2.67 bits per heavy atom. The maximum absolute atomic E-state index is 11.6. The van der Waals surface area contributed by atoms with Crippen LogP contribution in [0.25, 0.3) is 0 Å². The van der Waals surface area contributed by atoms with Crippen molar-refractivity contribution in [2.75, 3.05) is 13.6 Å². The molecule has 0 aromatic carbocycles. The molecule has 1 heterocycles. The van der Waals surface area contributed by atoms with E-state index in [1.807, 2.05) is 31.9 Å². The number of rotatable bonds is 5. The number of amides is 1. The lowest BCUT2D eigenvalue weighted by molar-refractivity contribution is -0.122. The van der Waals surface area contributed by atoms with Crippen LogP contribution in [0.15, 0.2) is 12.1 Å². The number of nitrogens with one attached hydrogen (secondary N) is 1. The Bertz CT molecular complexity index is 424. The molecule has 1 aromatic heterocycles. The van der Waals surface area contributed by atoms with Crippen LogP contribution in [-0.4, -0.2) is 35.4 Å². The van der Waals surface area contributed by atoms with Crippen LogP contribution >= 0.6 is 23.2 Å². The number of carbonyl (C=O) groups excluding carboxylic acids is 1. The van der Waals surface area contributed by atoms with E-state index < -0.39 is 0 Å². The van der Waals surface area contributed by atoms with Gasteiger partial charge in [-0.1, -0.05) is 29.3 Å². The second-order valence-corrected chi connectivity index (χ2v) is 5.22. The zero-order valence-electron chi connectivity index (χ0n) is 10.7. The highest BCUT2D eigenvalue weighted by atomic mass is 35.5. The minimum absolute atomic E-state index is 0.00875. The molecule has 0 fully saturated rings. The van der Waals surface area contributed by atoms with Crippen molar-refractivity contribution in [3.05, 3.63) is 28.0 Å². The van der Waals surface area contributed by atoms with Gasteiger partial charge in [-0.2, -0.15) is 0 Å². The molecule has 0 atom stereocenters. The quantitative estimate of drug-likeness (QED) is 0.847. The molecular weight excluding hydrogens is 273 g/mol. The first-order chi connectivity index (χ1) is 8.38. The maximum Gasteiger partial charge on any atom is 0.234 e. The fourth-order valence-electron chi connectivity index (χ4n) is 1.52. The molecule has 1 aromatic rings. The third kappa shape index (κ3) is 5.21. The third-order valence-corrected chi connectivity index (χ3v) is 2.73. The Labute approximate surface area is 117 Å². The van der Waals surface area contributed by atoms with Crippen LogP contribution in [0, 0.1) is 0 Å². The summed E-state index contributed by atoms with van der Waals surface area (Å²) in [4.78, 5) is 17.4. The molecule has 0 radical (unpaired) electrons. The van der Waals surface area contributed by atoms with Crippen molar-refractivity contribution < 1.29 is 4.79 Å². The average molecular weight is 290 g/mol. The van der Waals surface area contributed by atoms with E-state index in [2.05, 4.69) is 10.3 Å². The van der Waals surface area contributed by atoms with Crippen molar-refractivity contribution in [3.8, 4) is 0 Å². The van der Waals surface area contributed by atoms with Gasteiger partial charge in [-0.05, 0) is 27.0 Å². The van der Waals surface area contributed by atoms with E-state index in [9.17, 15) is 4.79 Å². The van der Waals surface area contributed by atoms with Gasteiger partial charge in [0.05, 0.1) is 6.54 Å². The second kappa shape index (κ2) is 6.92.